The van der Waals surface area contributed by atoms with E-state index in [9.17, 15) is 4.79 Å². The molecule has 50 valence electrons. The molecular formula is C4H7BO4. The molecule has 0 aromatic heterocycles. The number of hydrogen-bond acceptors (Lipinski definition) is 4. The maximum Gasteiger partial charge on any atom is 0.283 e. The zero-order chi connectivity index (χ0) is 7.28. The van der Waals surface area contributed by atoms with E-state index in [4.69, 9.17) is 10.2 Å². The summed E-state index contributed by atoms with van der Waals surface area (Å²) >= 11 is 0. The van der Waals surface area contributed by atoms with Crippen molar-refractivity contribution in [2.45, 2.75) is 12.2 Å². The summed E-state index contributed by atoms with van der Waals surface area (Å²) in [6.07, 6.45) is -2.12. The van der Waals surface area contributed by atoms with E-state index in [1.807, 2.05) is 0 Å². The van der Waals surface area contributed by atoms with Crippen LogP contribution in [0, 0.1) is 0 Å². The number of aliphatic hydroxyl groups excluding tert-OH is 2. The molecule has 0 heterocycles. The smallest absolute Gasteiger partial charge is 0.283 e. The molecule has 2 N–H and O–H groups in total. The van der Waals surface area contributed by atoms with Gasteiger partial charge in [0, 0.05) is 0 Å². The predicted octanol–water partition coefficient (Wildman–Crippen LogP) is -1.99. The first-order valence-electron chi connectivity index (χ1n) is 2.36. The first-order valence-corrected chi connectivity index (χ1v) is 2.36. The molecule has 0 aromatic carbocycles. The van der Waals surface area contributed by atoms with E-state index < -0.39 is 18.8 Å². The maximum atomic E-state index is 9.77. The van der Waals surface area contributed by atoms with Gasteiger partial charge in [-0.2, -0.15) is 0 Å². The summed E-state index contributed by atoms with van der Waals surface area (Å²) in [6, 6.07) is 0. The number of aldehydes is 1. The molecule has 0 fully saturated rings. The Labute approximate surface area is 53.9 Å². The van der Waals surface area contributed by atoms with E-state index in [2.05, 4.69) is 12.7 Å². The van der Waals surface area contributed by atoms with E-state index in [0.29, 0.717) is 0 Å². The van der Waals surface area contributed by atoms with Crippen LogP contribution in [0.5, 0.6) is 0 Å². The van der Waals surface area contributed by atoms with Gasteiger partial charge in [-0.15, -0.1) is 0 Å². The third-order valence-corrected chi connectivity index (χ3v) is 0.875. The summed E-state index contributed by atoms with van der Waals surface area (Å²) in [6.45, 7) is -0.476. The predicted molar refractivity (Wildman–Crippen MR) is 29.8 cm³/mol. The van der Waals surface area contributed by atoms with E-state index in [1.54, 1.807) is 0 Å². The van der Waals surface area contributed by atoms with Crippen LogP contribution < -0.4 is 0 Å². The van der Waals surface area contributed by atoms with Crippen LogP contribution >= 0.6 is 0 Å². The van der Waals surface area contributed by atoms with Crippen molar-refractivity contribution in [1.82, 2.24) is 0 Å². The molecule has 2 atom stereocenters. The van der Waals surface area contributed by atoms with Gasteiger partial charge in [0.15, 0.2) is 6.29 Å². The fraction of sp³-hybridized carbons (Fsp3) is 0.750. The minimum atomic E-state index is -1.35. The van der Waals surface area contributed by atoms with Gasteiger partial charge in [-0.25, -0.2) is 0 Å². The summed E-state index contributed by atoms with van der Waals surface area (Å²) in [5.74, 6) is 0. The molecule has 0 amide bonds. The highest BCUT2D eigenvalue weighted by molar-refractivity contribution is 5.98. The van der Waals surface area contributed by atoms with E-state index >= 15 is 0 Å². The Morgan fingerprint density at radius 2 is 2.33 bits per heavy atom. The van der Waals surface area contributed by atoms with Gasteiger partial charge in [-0.3, -0.25) is 0 Å². The molecule has 0 bridgehead atoms. The van der Waals surface area contributed by atoms with Crippen molar-refractivity contribution in [3.63, 3.8) is 0 Å². The summed E-state index contributed by atoms with van der Waals surface area (Å²) in [5.41, 5.74) is 0. The quantitative estimate of drug-likeness (QED) is 0.341. The molecule has 2 unspecified atom stereocenters. The number of carbonyl (C=O) groups is 1. The van der Waals surface area contributed by atoms with Crippen molar-refractivity contribution in [2.75, 3.05) is 6.61 Å². The summed E-state index contributed by atoms with van der Waals surface area (Å²) in [7, 11) is 4.58. The topological polar surface area (TPSA) is 66.8 Å². The van der Waals surface area contributed by atoms with Crippen LogP contribution in [0.1, 0.15) is 0 Å². The standard InChI is InChI=1S/C4H7BO4/c5-9-4(2-7)3(8)1-6/h1,3-4,7-8H,2H2. The van der Waals surface area contributed by atoms with Crippen molar-refractivity contribution in [3.05, 3.63) is 0 Å². The summed E-state index contributed by atoms with van der Waals surface area (Å²) < 4.78 is 4.02. The number of carbonyl (C=O) groups excluding carboxylic acids is 1. The van der Waals surface area contributed by atoms with Gasteiger partial charge in [0.05, 0.1) is 12.7 Å². The molecule has 0 saturated heterocycles. The van der Waals surface area contributed by atoms with Crippen LogP contribution in [-0.4, -0.2) is 43.4 Å². The highest BCUT2D eigenvalue weighted by Gasteiger charge is 2.14. The molecule has 0 aromatic rings. The fourth-order valence-electron chi connectivity index (χ4n) is 0.319. The van der Waals surface area contributed by atoms with Gasteiger partial charge < -0.3 is 19.7 Å². The third kappa shape index (κ3) is 2.60. The Bertz CT molecular complexity index is 82.6. The zero-order valence-electron chi connectivity index (χ0n) is 4.73. The van der Waals surface area contributed by atoms with Crippen LogP contribution in [0.2, 0.25) is 0 Å². The third-order valence-electron chi connectivity index (χ3n) is 0.875. The molecule has 0 aliphatic carbocycles. The van der Waals surface area contributed by atoms with Gasteiger partial charge in [0.2, 0.25) is 0 Å². The minimum Gasteiger partial charge on any atom is -0.440 e. The SMILES string of the molecule is [B]OC(CO)C(O)C=O. The second-order valence-electron chi connectivity index (χ2n) is 1.48. The summed E-state index contributed by atoms with van der Waals surface area (Å²) in [4.78, 5) is 9.77. The van der Waals surface area contributed by atoms with Crippen molar-refractivity contribution in [2.24, 2.45) is 0 Å². The second kappa shape index (κ2) is 4.49. The van der Waals surface area contributed by atoms with Gasteiger partial charge >= 0.3 is 0 Å². The molecule has 2 radical (unpaired) electrons. The second-order valence-corrected chi connectivity index (χ2v) is 1.48. The van der Waals surface area contributed by atoms with Crippen molar-refractivity contribution in [1.29, 1.82) is 0 Å². The monoisotopic (exact) mass is 130 g/mol. The lowest BCUT2D eigenvalue weighted by Gasteiger charge is -2.13. The number of hydrogen-bond donors (Lipinski definition) is 2. The Hall–Kier alpha value is -0.385. The van der Waals surface area contributed by atoms with Gasteiger partial charge in [0.1, 0.15) is 6.10 Å². The lowest BCUT2D eigenvalue weighted by molar-refractivity contribution is -0.120. The van der Waals surface area contributed by atoms with Crippen LogP contribution in [-0.2, 0) is 9.45 Å². The highest BCUT2D eigenvalue weighted by Crippen LogP contribution is 1.92. The van der Waals surface area contributed by atoms with Gasteiger partial charge in [0.25, 0.3) is 8.05 Å². The van der Waals surface area contributed by atoms with Crippen molar-refractivity contribution >= 4 is 14.3 Å². The molecule has 0 aliphatic rings. The first-order chi connectivity index (χ1) is 4.26. The average Bonchev–Trinajstić information content (AvgIpc) is 1.90. The summed E-state index contributed by atoms with van der Waals surface area (Å²) in [5, 5.41) is 16.9. The Balaban J connectivity index is 3.63. The highest BCUT2D eigenvalue weighted by atomic mass is 16.5. The first kappa shape index (κ1) is 8.61. The lowest BCUT2D eigenvalue weighted by Crippen LogP contribution is -2.32. The van der Waals surface area contributed by atoms with E-state index in [1.165, 1.54) is 0 Å². The Morgan fingerprint density at radius 3 is 2.44 bits per heavy atom. The number of rotatable bonds is 4. The van der Waals surface area contributed by atoms with Gasteiger partial charge in [-0.1, -0.05) is 0 Å². The van der Waals surface area contributed by atoms with Gasteiger partial charge in [-0.05, 0) is 0 Å². The zero-order valence-corrected chi connectivity index (χ0v) is 4.73. The van der Waals surface area contributed by atoms with Crippen LogP contribution in [0.25, 0.3) is 0 Å². The van der Waals surface area contributed by atoms with E-state index in [0.717, 1.165) is 0 Å². The van der Waals surface area contributed by atoms with Crippen molar-refractivity contribution < 1.29 is 19.7 Å². The van der Waals surface area contributed by atoms with Crippen LogP contribution in [0.3, 0.4) is 0 Å². The molecule has 0 saturated carbocycles. The van der Waals surface area contributed by atoms with Crippen molar-refractivity contribution in [3.8, 4) is 0 Å². The normalized spacial score (nSPS) is 16.7. The van der Waals surface area contributed by atoms with Crippen LogP contribution in [0.15, 0.2) is 0 Å². The van der Waals surface area contributed by atoms with E-state index in [-0.39, 0.29) is 6.29 Å². The molecule has 0 aliphatic heterocycles. The maximum absolute atomic E-state index is 9.77. The molecule has 0 spiro atoms. The molecular weight excluding hydrogens is 123 g/mol. The minimum absolute atomic E-state index is 0.244. The largest absolute Gasteiger partial charge is 0.440 e. The lowest BCUT2D eigenvalue weighted by atomic mass is 10.2. The Morgan fingerprint density at radius 1 is 1.78 bits per heavy atom. The average molecular weight is 130 g/mol. The Kier molecular flexibility index (Phi) is 4.30. The molecule has 5 heteroatoms. The number of aliphatic hydroxyl groups is 2. The molecule has 0 rings (SSSR count). The van der Waals surface area contributed by atoms with Crippen LogP contribution in [0.4, 0.5) is 0 Å². The molecule has 9 heavy (non-hydrogen) atoms. The fourth-order valence-corrected chi connectivity index (χ4v) is 0.319. The molecule has 4 nitrogen and oxygen atoms in total.